The van der Waals surface area contributed by atoms with E-state index in [-0.39, 0.29) is 18.1 Å². The SMILES string of the molecule is O=C(CCc1ccsc1)N[C@@H]1COCC[C@H]1OCc1ccccn1. The quantitative estimate of drug-likeness (QED) is 0.837. The van der Waals surface area contributed by atoms with Crippen LogP contribution in [0.4, 0.5) is 0 Å². The lowest BCUT2D eigenvalue weighted by Gasteiger charge is -2.32. The molecule has 1 aliphatic rings. The molecule has 24 heavy (non-hydrogen) atoms. The monoisotopic (exact) mass is 346 g/mol. The second-order valence-corrected chi connectivity index (χ2v) is 6.62. The molecule has 3 rings (SSSR count). The number of rotatable bonds is 7. The van der Waals surface area contributed by atoms with E-state index >= 15 is 0 Å². The molecule has 3 heterocycles. The van der Waals surface area contributed by atoms with Crippen molar-refractivity contribution in [3.63, 3.8) is 0 Å². The smallest absolute Gasteiger partial charge is 0.220 e. The predicted molar refractivity (Wildman–Crippen MR) is 92.8 cm³/mol. The molecule has 6 heteroatoms. The first kappa shape index (κ1) is 17.1. The molecule has 2 aromatic rings. The van der Waals surface area contributed by atoms with Crippen molar-refractivity contribution in [1.82, 2.24) is 10.3 Å². The molecule has 0 aliphatic carbocycles. The molecule has 0 saturated carbocycles. The molecule has 1 saturated heterocycles. The number of aryl methyl sites for hydroxylation is 1. The Labute approximate surface area is 146 Å². The van der Waals surface area contributed by atoms with Crippen LogP contribution in [0.15, 0.2) is 41.2 Å². The van der Waals surface area contributed by atoms with E-state index in [2.05, 4.69) is 21.7 Å². The van der Waals surface area contributed by atoms with Crippen LogP contribution in [0.1, 0.15) is 24.1 Å². The summed E-state index contributed by atoms with van der Waals surface area (Å²) in [7, 11) is 0. The van der Waals surface area contributed by atoms with Gasteiger partial charge in [0.25, 0.3) is 0 Å². The van der Waals surface area contributed by atoms with E-state index in [1.165, 1.54) is 5.56 Å². The maximum atomic E-state index is 12.2. The zero-order chi connectivity index (χ0) is 16.6. The van der Waals surface area contributed by atoms with E-state index in [9.17, 15) is 4.79 Å². The highest BCUT2D eigenvalue weighted by Crippen LogP contribution is 2.15. The van der Waals surface area contributed by atoms with Crippen LogP contribution in [0.2, 0.25) is 0 Å². The molecule has 0 radical (unpaired) electrons. The van der Waals surface area contributed by atoms with Crippen LogP contribution < -0.4 is 5.32 Å². The Balaban J connectivity index is 1.47. The molecular weight excluding hydrogens is 324 g/mol. The second-order valence-electron chi connectivity index (χ2n) is 5.84. The van der Waals surface area contributed by atoms with Crippen molar-refractivity contribution < 1.29 is 14.3 Å². The molecule has 0 spiro atoms. The number of aromatic nitrogens is 1. The van der Waals surface area contributed by atoms with Crippen molar-refractivity contribution in [3.05, 3.63) is 52.5 Å². The molecule has 2 aromatic heterocycles. The lowest BCUT2D eigenvalue weighted by molar-refractivity contribution is -0.126. The summed E-state index contributed by atoms with van der Waals surface area (Å²) in [6.45, 7) is 1.61. The summed E-state index contributed by atoms with van der Waals surface area (Å²) in [6, 6.07) is 7.72. The van der Waals surface area contributed by atoms with Crippen molar-refractivity contribution in [2.24, 2.45) is 0 Å². The highest BCUT2D eigenvalue weighted by atomic mass is 32.1. The van der Waals surface area contributed by atoms with Gasteiger partial charge in [0, 0.05) is 19.2 Å². The van der Waals surface area contributed by atoms with Crippen LogP contribution in [0.25, 0.3) is 0 Å². The summed E-state index contributed by atoms with van der Waals surface area (Å²) in [5.41, 5.74) is 2.10. The average Bonchev–Trinajstić information content (AvgIpc) is 3.14. The van der Waals surface area contributed by atoms with E-state index in [0.717, 1.165) is 18.5 Å². The largest absolute Gasteiger partial charge is 0.379 e. The van der Waals surface area contributed by atoms with Crippen molar-refractivity contribution in [1.29, 1.82) is 0 Å². The number of nitrogens with zero attached hydrogens (tertiary/aromatic N) is 1. The third-order valence-electron chi connectivity index (χ3n) is 4.03. The average molecular weight is 346 g/mol. The molecule has 0 bridgehead atoms. The van der Waals surface area contributed by atoms with Crippen molar-refractivity contribution in [2.75, 3.05) is 13.2 Å². The number of ether oxygens (including phenoxy) is 2. The van der Waals surface area contributed by atoms with Crippen molar-refractivity contribution in [3.8, 4) is 0 Å². The molecule has 5 nitrogen and oxygen atoms in total. The van der Waals surface area contributed by atoms with Gasteiger partial charge in [0.05, 0.1) is 31.1 Å². The van der Waals surface area contributed by atoms with Gasteiger partial charge >= 0.3 is 0 Å². The van der Waals surface area contributed by atoms with Crippen LogP contribution in [-0.4, -0.2) is 36.3 Å². The minimum atomic E-state index is -0.0996. The number of hydrogen-bond acceptors (Lipinski definition) is 5. The number of carbonyl (C=O) groups excluding carboxylic acids is 1. The molecule has 0 aromatic carbocycles. The van der Waals surface area contributed by atoms with Gasteiger partial charge in [-0.15, -0.1) is 0 Å². The summed E-state index contributed by atoms with van der Waals surface area (Å²) >= 11 is 1.65. The Bertz CT molecular complexity index is 618. The van der Waals surface area contributed by atoms with E-state index in [4.69, 9.17) is 9.47 Å². The number of thiophene rings is 1. The Kier molecular flexibility index (Phi) is 6.34. The van der Waals surface area contributed by atoms with Gasteiger partial charge < -0.3 is 14.8 Å². The standard InChI is InChI=1S/C18H22N2O3S/c21-18(5-4-14-7-10-24-13-14)20-16-12-22-9-6-17(16)23-11-15-3-1-2-8-19-15/h1-3,7-8,10,13,16-17H,4-6,9,11-12H2,(H,20,21)/t16-,17-/m1/s1. The summed E-state index contributed by atoms with van der Waals surface area (Å²) in [5, 5.41) is 7.17. The lowest BCUT2D eigenvalue weighted by Crippen LogP contribution is -2.50. The molecule has 1 aliphatic heterocycles. The summed E-state index contributed by atoms with van der Waals surface area (Å²) in [6.07, 6.45) is 3.75. The predicted octanol–water partition coefficient (Wildman–Crippen LogP) is 2.57. The van der Waals surface area contributed by atoms with Gasteiger partial charge in [-0.2, -0.15) is 11.3 Å². The molecule has 1 fully saturated rings. The Hall–Kier alpha value is -1.76. The van der Waals surface area contributed by atoms with Crippen LogP contribution in [0, 0.1) is 0 Å². The first-order valence-electron chi connectivity index (χ1n) is 8.21. The number of carbonyl (C=O) groups is 1. The van der Waals surface area contributed by atoms with Crippen LogP contribution in [0.5, 0.6) is 0 Å². The van der Waals surface area contributed by atoms with E-state index in [0.29, 0.717) is 26.2 Å². The van der Waals surface area contributed by atoms with Gasteiger partial charge in [0.2, 0.25) is 5.91 Å². The number of amides is 1. The third-order valence-corrected chi connectivity index (χ3v) is 4.76. The van der Waals surface area contributed by atoms with Gasteiger partial charge in [-0.25, -0.2) is 0 Å². The highest BCUT2D eigenvalue weighted by molar-refractivity contribution is 7.07. The van der Waals surface area contributed by atoms with E-state index in [1.807, 2.05) is 23.6 Å². The van der Waals surface area contributed by atoms with E-state index < -0.39 is 0 Å². The minimum absolute atomic E-state index is 0.0362. The fraction of sp³-hybridized carbons (Fsp3) is 0.444. The number of pyridine rings is 1. The Morgan fingerprint density at radius 1 is 1.42 bits per heavy atom. The summed E-state index contributed by atoms with van der Waals surface area (Å²) in [4.78, 5) is 16.5. The molecule has 0 unspecified atom stereocenters. The maximum Gasteiger partial charge on any atom is 0.220 e. The van der Waals surface area contributed by atoms with Crippen molar-refractivity contribution >= 4 is 17.2 Å². The molecule has 2 atom stereocenters. The molecule has 1 N–H and O–H groups in total. The van der Waals surface area contributed by atoms with Gasteiger partial charge in [-0.1, -0.05) is 6.07 Å². The third kappa shape index (κ3) is 5.12. The summed E-state index contributed by atoms with van der Waals surface area (Å²) in [5.74, 6) is 0.0446. The minimum Gasteiger partial charge on any atom is -0.379 e. The zero-order valence-corrected chi connectivity index (χ0v) is 14.3. The summed E-state index contributed by atoms with van der Waals surface area (Å²) < 4.78 is 11.5. The normalized spacial score (nSPS) is 20.7. The second kappa shape index (κ2) is 8.92. The van der Waals surface area contributed by atoms with Crippen molar-refractivity contribution in [2.45, 2.75) is 38.0 Å². The first-order chi connectivity index (χ1) is 11.8. The lowest BCUT2D eigenvalue weighted by atomic mass is 10.1. The van der Waals surface area contributed by atoms with E-state index in [1.54, 1.807) is 17.5 Å². The fourth-order valence-electron chi connectivity index (χ4n) is 2.70. The maximum absolute atomic E-state index is 12.2. The van der Waals surface area contributed by atoms with Gasteiger partial charge in [0.1, 0.15) is 0 Å². The fourth-order valence-corrected chi connectivity index (χ4v) is 3.40. The number of nitrogens with one attached hydrogen (secondary N) is 1. The number of hydrogen-bond donors (Lipinski definition) is 1. The van der Waals surface area contributed by atoms with Crippen LogP contribution in [-0.2, 0) is 27.3 Å². The van der Waals surface area contributed by atoms with Crippen LogP contribution >= 0.6 is 11.3 Å². The molecule has 128 valence electrons. The van der Waals surface area contributed by atoms with Gasteiger partial charge in [-0.3, -0.25) is 9.78 Å². The Morgan fingerprint density at radius 2 is 2.38 bits per heavy atom. The topological polar surface area (TPSA) is 60.5 Å². The van der Waals surface area contributed by atoms with Gasteiger partial charge in [0.15, 0.2) is 0 Å². The molecular formula is C18H22N2O3S. The zero-order valence-electron chi connectivity index (χ0n) is 13.5. The van der Waals surface area contributed by atoms with Gasteiger partial charge in [-0.05, 0) is 47.4 Å². The highest BCUT2D eigenvalue weighted by Gasteiger charge is 2.28. The van der Waals surface area contributed by atoms with Crippen LogP contribution in [0.3, 0.4) is 0 Å². The first-order valence-corrected chi connectivity index (χ1v) is 9.15. The Morgan fingerprint density at radius 3 is 3.17 bits per heavy atom. The molecule has 1 amide bonds.